The SMILES string of the molecule is Cn1cccc1C(=O)Nc1ccc(C(=O)O)s1. The van der Waals surface area contributed by atoms with E-state index in [1.165, 1.54) is 6.07 Å². The van der Waals surface area contributed by atoms with Crippen molar-refractivity contribution >= 4 is 28.2 Å². The summed E-state index contributed by atoms with van der Waals surface area (Å²) >= 11 is 1.03. The fourth-order valence-electron chi connectivity index (χ4n) is 1.39. The van der Waals surface area contributed by atoms with Crippen molar-refractivity contribution in [2.24, 2.45) is 7.05 Å². The number of rotatable bonds is 3. The van der Waals surface area contributed by atoms with Crippen LogP contribution in [0.3, 0.4) is 0 Å². The predicted molar refractivity (Wildman–Crippen MR) is 64.6 cm³/mol. The van der Waals surface area contributed by atoms with Gasteiger partial charge in [0, 0.05) is 13.2 Å². The first-order valence-corrected chi connectivity index (χ1v) is 5.65. The molecule has 0 aliphatic heterocycles. The van der Waals surface area contributed by atoms with E-state index in [0.29, 0.717) is 10.7 Å². The fourth-order valence-corrected chi connectivity index (χ4v) is 2.13. The average Bonchev–Trinajstić information content (AvgIpc) is 2.86. The molecule has 0 radical (unpaired) electrons. The Hall–Kier alpha value is -2.08. The summed E-state index contributed by atoms with van der Waals surface area (Å²) in [5.74, 6) is -1.24. The predicted octanol–water partition coefficient (Wildman–Crippen LogP) is 2.04. The molecule has 88 valence electrons. The number of aryl methyl sites for hydroxylation is 1. The van der Waals surface area contributed by atoms with E-state index in [2.05, 4.69) is 5.32 Å². The molecule has 0 unspecified atom stereocenters. The largest absolute Gasteiger partial charge is 0.477 e. The highest BCUT2D eigenvalue weighted by molar-refractivity contribution is 7.18. The molecule has 0 atom stereocenters. The summed E-state index contributed by atoms with van der Waals surface area (Å²) in [4.78, 5) is 22.7. The summed E-state index contributed by atoms with van der Waals surface area (Å²) in [5, 5.41) is 11.9. The van der Waals surface area contributed by atoms with E-state index in [0.717, 1.165) is 11.3 Å². The molecule has 6 heteroatoms. The van der Waals surface area contributed by atoms with Gasteiger partial charge in [0.25, 0.3) is 5.91 Å². The third-order valence-corrected chi connectivity index (χ3v) is 3.22. The van der Waals surface area contributed by atoms with Gasteiger partial charge in [0.1, 0.15) is 10.6 Å². The maximum absolute atomic E-state index is 11.8. The number of nitrogens with one attached hydrogen (secondary N) is 1. The number of hydrogen-bond acceptors (Lipinski definition) is 3. The summed E-state index contributed by atoms with van der Waals surface area (Å²) in [6.45, 7) is 0. The van der Waals surface area contributed by atoms with Crippen LogP contribution in [0.1, 0.15) is 20.2 Å². The van der Waals surface area contributed by atoms with Crippen LogP contribution in [0.5, 0.6) is 0 Å². The van der Waals surface area contributed by atoms with Crippen molar-refractivity contribution in [3.05, 3.63) is 41.0 Å². The van der Waals surface area contributed by atoms with Crippen LogP contribution in [0.4, 0.5) is 5.00 Å². The molecular formula is C11H10N2O3S. The van der Waals surface area contributed by atoms with Crippen molar-refractivity contribution in [3.63, 3.8) is 0 Å². The van der Waals surface area contributed by atoms with Gasteiger partial charge in [-0.3, -0.25) is 4.79 Å². The van der Waals surface area contributed by atoms with E-state index < -0.39 is 5.97 Å². The van der Waals surface area contributed by atoms with Gasteiger partial charge in [-0.2, -0.15) is 0 Å². The van der Waals surface area contributed by atoms with Crippen LogP contribution in [0.2, 0.25) is 0 Å². The van der Waals surface area contributed by atoms with Gasteiger partial charge in [0.05, 0.1) is 5.00 Å². The Balaban J connectivity index is 2.13. The second kappa shape index (κ2) is 4.42. The second-order valence-electron chi connectivity index (χ2n) is 3.43. The van der Waals surface area contributed by atoms with Gasteiger partial charge in [-0.15, -0.1) is 11.3 Å². The number of aromatic carboxylic acids is 1. The van der Waals surface area contributed by atoms with Crippen LogP contribution >= 0.6 is 11.3 Å². The van der Waals surface area contributed by atoms with Crippen LogP contribution < -0.4 is 5.32 Å². The zero-order valence-electron chi connectivity index (χ0n) is 9.01. The standard InChI is InChI=1S/C11H10N2O3S/c1-13-6-2-3-7(13)10(14)12-9-5-4-8(17-9)11(15)16/h2-6H,1H3,(H,12,14)(H,15,16). The second-order valence-corrected chi connectivity index (χ2v) is 4.51. The van der Waals surface area contributed by atoms with Crippen molar-refractivity contribution in [1.29, 1.82) is 0 Å². The maximum atomic E-state index is 11.8. The van der Waals surface area contributed by atoms with Gasteiger partial charge in [-0.25, -0.2) is 4.79 Å². The van der Waals surface area contributed by atoms with Crippen LogP contribution in [0.25, 0.3) is 0 Å². The summed E-state index contributed by atoms with van der Waals surface area (Å²) in [7, 11) is 1.77. The molecule has 2 rings (SSSR count). The number of carbonyl (C=O) groups excluding carboxylic acids is 1. The Bertz CT molecular complexity index is 571. The van der Waals surface area contributed by atoms with E-state index in [4.69, 9.17) is 5.11 Å². The van der Waals surface area contributed by atoms with E-state index in [1.807, 2.05) is 0 Å². The van der Waals surface area contributed by atoms with Gasteiger partial charge < -0.3 is 15.0 Å². The van der Waals surface area contributed by atoms with Crippen LogP contribution in [0.15, 0.2) is 30.5 Å². The van der Waals surface area contributed by atoms with Crippen LogP contribution in [-0.4, -0.2) is 21.6 Å². The number of hydrogen-bond donors (Lipinski definition) is 2. The molecule has 0 aliphatic carbocycles. The molecule has 0 aromatic carbocycles. The van der Waals surface area contributed by atoms with Gasteiger partial charge in [0.2, 0.25) is 0 Å². The van der Waals surface area contributed by atoms with Crippen molar-refractivity contribution in [1.82, 2.24) is 4.57 Å². The monoisotopic (exact) mass is 250 g/mol. The highest BCUT2D eigenvalue weighted by atomic mass is 32.1. The van der Waals surface area contributed by atoms with Crippen LogP contribution in [0, 0.1) is 0 Å². The number of anilines is 1. The van der Waals surface area contributed by atoms with Crippen molar-refractivity contribution in [2.75, 3.05) is 5.32 Å². The van der Waals surface area contributed by atoms with E-state index in [-0.39, 0.29) is 10.8 Å². The first-order chi connectivity index (χ1) is 8.08. The van der Waals surface area contributed by atoms with E-state index in [9.17, 15) is 9.59 Å². The van der Waals surface area contributed by atoms with Crippen molar-refractivity contribution < 1.29 is 14.7 Å². The lowest BCUT2D eigenvalue weighted by Crippen LogP contribution is -2.14. The molecule has 0 saturated carbocycles. The van der Waals surface area contributed by atoms with Crippen molar-refractivity contribution in [3.8, 4) is 0 Å². The molecule has 2 aromatic rings. The number of carboxylic acids is 1. The molecule has 17 heavy (non-hydrogen) atoms. The van der Waals surface area contributed by atoms with Gasteiger partial charge in [0.15, 0.2) is 0 Å². The molecule has 0 bridgehead atoms. The summed E-state index contributed by atoms with van der Waals surface area (Å²) in [5.41, 5.74) is 0.523. The molecular weight excluding hydrogens is 240 g/mol. The number of carbonyl (C=O) groups is 2. The molecule has 2 heterocycles. The third kappa shape index (κ3) is 2.36. The Morgan fingerprint density at radius 1 is 1.35 bits per heavy atom. The molecule has 0 saturated heterocycles. The lowest BCUT2D eigenvalue weighted by Gasteiger charge is -2.03. The smallest absolute Gasteiger partial charge is 0.345 e. The Kier molecular flexibility index (Phi) is 2.97. The van der Waals surface area contributed by atoms with E-state index in [1.54, 1.807) is 36.0 Å². The minimum atomic E-state index is -0.991. The number of nitrogens with zero attached hydrogens (tertiary/aromatic N) is 1. The molecule has 5 nitrogen and oxygen atoms in total. The van der Waals surface area contributed by atoms with Gasteiger partial charge in [-0.1, -0.05) is 0 Å². The number of amides is 1. The summed E-state index contributed by atoms with van der Waals surface area (Å²) in [6, 6.07) is 6.51. The Morgan fingerprint density at radius 2 is 2.12 bits per heavy atom. The molecule has 0 fully saturated rings. The highest BCUT2D eigenvalue weighted by Crippen LogP contribution is 2.22. The Labute approximate surface area is 101 Å². The first-order valence-electron chi connectivity index (χ1n) is 4.84. The lowest BCUT2D eigenvalue weighted by molar-refractivity contribution is 0.0702. The molecule has 2 aromatic heterocycles. The van der Waals surface area contributed by atoms with E-state index >= 15 is 0 Å². The fraction of sp³-hybridized carbons (Fsp3) is 0.0909. The third-order valence-electron chi connectivity index (χ3n) is 2.23. The maximum Gasteiger partial charge on any atom is 0.345 e. The Morgan fingerprint density at radius 3 is 2.65 bits per heavy atom. The quantitative estimate of drug-likeness (QED) is 0.875. The zero-order valence-corrected chi connectivity index (χ0v) is 9.82. The zero-order chi connectivity index (χ0) is 12.4. The van der Waals surface area contributed by atoms with Gasteiger partial charge >= 0.3 is 5.97 Å². The number of thiophene rings is 1. The van der Waals surface area contributed by atoms with Gasteiger partial charge in [-0.05, 0) is 24.3 Å². The summed E-state index contributed by atoms with van der Waals surface area (Å²) in [6.07, 6.45) is 1.77. The molecule has 1 amide bonds. The minimum Gasteiger partial charge on any atom is -0.477 e. The number of aromatic nitrogens is 1. The number of carboxylic acid groups (broad SMARTS) is 1. The highest BCUT2D eigenvalue weighted by Gasteiger charge is 2.12. The normalized spacial score (nSPS) is 10.2. The molecule has 2 N–H and O–H groups in total. The minimum absolute atomic E-state index is 0.201. The molecule has 0 aliphatic rings. The topological polar surface area (TPSA) is 71.3 Å². The van der Waals surface area contributed by atoms with Crippen LogP contribution in [-0.2, 0) is 7.05 Å². The summed E-state index contributed by atoms with van der Waals surface area (Å²) < 4.78 is 1.70. The lowest BCUT2D eigenvalue weighted by atomic mass is 10.4. The first kappa shape index (κ1) is 11.4. The molecule has 0 spiro atoms. The average molecular weight is 250 g/mol. The van der Waals surface area contributed by atoms with Crippen molar-refractivity contribution in [2.45, 2.75) is 0 Å².